The van der Waals surface area contributed by atoms with Gasteiger partial charge in [0.1, 0.15) is 0 Å². The first-order valence-corrected chi connectivity index (χ1v) is 5.22. The molecule has 0 bridgehead atoms. The molecule has 0 radical (unpaired) electrons. The van der Waals surface area contributed by atoms with Gasteiger partial charge in [0, 0.05) is 6.54 Å². The molecule has 1 saturated carbocycles. The van der Waals surface area contributed by atoms with Crippen LogP contribution in [-0.4, -0.2) is 36.0 Å². The highest BCUT2D eigenvalue weighted by Crippen LogP contribution is 2.29. The summed E-state index contributed by atoms with van der Waals surface area (Å²) in [6.07, 6.45) is 3.36. The highest BCUT2D eigenvalue weighted by atomic mass is 16.3. The Kier molecular flexibility index (Phi) is 4.70. The Balaban J connectivity index is 2.00. The van der Waals surface area contributed by atoms with E-state index in [-0.39, 0.29) is 6.61 Å². The number of hydrogen-bond donors (Lipinski definition) is 3. The first kappa shape index (κ1) is 11.0. The van der Waals surface area contributed by atoms with Crippen molar-refractivity contribution in [1.82, 2.24) is 5.32 Å². The van der Waals surface area contributed by atoms with Crippen molar-refractivity contribution >= 4 is 0 Å². The Hall–Kier alpha value is -0.120. The lowest BCUT2D eigenvalue weighted by molar-refractivity contribution is 0.0936. The summed E-state index contributed by atoms with van der Waals surface area (Å²) < 4.78 is 0. The largest absolute Gasteiger partial charge is 0.394 e. The summed E-state index contributed by atoms with van der Waals surface area (Å²) in [5, 5.41) is 20.8. The number of aliphatic hydroxyl groups is 2. The predicted octanol–water partition coefficient (Wildman–Crippen LogP) is 0.365. The molecule has 0 aromatic carbocycles. The van der Waals surface area contributed by atoms with Crippen molar-refractivity contribution in [2.24, 2.45) is 11.8 Å². The van der Waals surface area contributed by atoms with E-state index in [0.29, 0.717) is 6.54 Å². The minimum Gasteiger partial charge on any atom is -0.394 e. The Labute approximate surface area is 80.2 Å². The van der Waals surface area contributed by atoms with Crippen molar-refractivity contribution in [3.63, 3.8) is 0 Å². The molecule has 1 aliphatic rings. The van der Waals surface area contributed by atoms with Crippen LogP contribution in [0.25, 0.3) is 0 Å². The van der Waals surface area contributed by atoms with Crippen LogP contribution in [0.1, 0.15) is 26.2 Å². The summed E-state index contributed by atoms with van der Waals surface area (Å²) in [5.41, 5.74) is 0. The average molecular weight is 187 g/mol. The molecule has 0 spiro atoms. The van der Waals surface area contributed by atoms with Crippen molar-refractivity contribution in [2.45, 2.75) is 32.3 Å². The zero-order chi connectivity index (χ0) is 9.68. The monoisotopic (exact) mass is 187 g/mol. The molecule has 1 fully saturated rings. The van der Waals surface area contributed by atoms with Gasteiger partial charge in [-0.15, -0.1) is 0 Å². The summed E-state index contributed by atoms with van der Waals surface area (Å²) in [6.45, 7) is 3.65. The molecule has 13 heavy (non-hydrogen) atoms. The Morgan fingerprint density at radius 2 is 2.23 bits per heavy atom. The maximum atomic E-state index is 9.07. The highest BCUT2D eigenvalue weighted by molar-refractivity contribution is 4.74. The number of hydrogen-bond acceptors (Lipinski definition) is 3. The second kappa shape index (κ2) is 5.58. The number of nitrogens with one attached hydrogen (secondary N) is 1. The lowest BCUT2D eigenvalue weighted by Crippen LogP contribution is -2.32. The third-order valence-electron chi connectivity index (χ3n) is 2.83. The first-order valence-electron chi connectivity index (χ1n) is 5.22. The normalized spacial score (nSPS) is 30.7. The second-order valence-corrected chi connectivity index (χ2v) is 4.28. The molecule has 0 aromatic rings. The summed E-state index contributed by atoms with van der Waals surface area (Å²) in [6, 6.07) is 0. The van der Waals surface area contributed by atoms with Gasteiger partial charge in [0.15, 0.2) is 0 Å². The molecule has 0 heterocycles. The SMILES string of the molecule is CC1CCC(CNC[C@H](O)CO)C1. The fraction of sp³-hybridized carbons (Fsp3) is 1.00. The molecule has 0 saturated heterocycles. The molecule has 3 N–H and O–H groups in total. The van der Waals surface area contributed by atoms with Crippen LogP contribution in [0.2, 0.25) is 0 Å². The van der Waals surface area contributed by atoms with Crippen molar-refractivity contribution in [2.75, 3.05) is 19.7 Å². The van der Waals surface area contributed by atoms with E-state index in [0.717, 1.165) is 18.4 Å². The van der Waals surface area contributed by atoms with E-state index in [2.05, 4.69) is 12.2 Å². The Morgan fingerprint density at radius 1 is 1.46 bits per heavy atom. The summed E-state index contributed by atoms with van der Waals surface area (Å²) in [7, 11) is 0. The van der Waals surface area contributed by atoms with Gasteiger partial charge in [-0.05, 0) is 31.2 Å². The number of rotatable bonds is 5. The summed E-state index contributed by atoms with van der Waals surface area (Å²) >= 11 is 0. The van der Waals surface area contributed by atoms with Crippen molar-refractivity contribution in [3.05, 3.63) is 0 Å². The Morgan fingerprint density at radius 3 is 2.77 bits per heavy atom. The minimum atomic E-state index is -0.598. The van der Waals surface area contributed by atoms with Gasteiger partial charge in [-0.2, -0.15) is 0 Å². The lowest BCUT2D eigenvalue weighted by Gasteiger charge is -2.13. The van der Waals surface area contributed by atoms with Crippen LogP contribution in [0, 0.1) is 11.8 Å². The van der Waals surface area contributed by atoms with Gasteiger partial charge in [0.05, 0.1) is 12.7 Å². The molecule has 3 heteroatoms. The predicted molar refractivity (Wildman–Crippen MR) is 52.5 cm³/mol. The van der Waals surface area contributed by atoms with Crippen LogP contribution in [0.4, 0.5) is 0 Å². The van der Waals surface area contributed by atoms with E-state index in [1.807, 2.05) is 0 Å². The van der Waals surface area contributed by atoms with E-state index in [1.165, 1.54) is 19.3 Å². The van der Waals surface area contributed by atoms with Crippen LogP contribution in [0.15, 0.2) is 0 Å². The van der Waals surface area contributed by atoms with Gasteiger partial charge >= 0.3 is 0 Å². The third-order valence-corrected chi connectivity index (χ3v) is 2.83. The Bertz CT molecular complexity index is 141. The molecule has 78 valence electrons. The molecule has 0 aromatic heterocycles. The van der Waals surface area contributed by atoms with Crippen LogP contribution < -0.4 is 5.32 Å². The molecule has 3 nitrogen and oxygen atoms in total. The standard InChI is InChI=1S/C10H21NO2/c1-8-2-3-9(4-8)5-11-6-10(13)7-12/h8-13H,2-7H2,1H3/t8?,9?,10-/m0/s1. The molecule has 0 amide bonds. The average Bonchev–Trinajstić information content (AvgIpc) is 2.51. The lowest BCUT2D eigenvalue weighted by atomic mass is 10.1. The van der Waals surface area contributed by atoms with Crippen molar-refractivity contribution in [3.8, 4) is 0 Å². The van der Waals surface area contributed by atoms with E-state index in [4.69, 9.17) is 10.2 Å². The fourth-order valence-corrected chi connectivity index (χ4v) is 2.03. The highest BCUT2D eigenvalue weighted by Gasteiger charge is 2.20. The molecule has 0 aliphatic heterocycles. The molecule has 3 atom stereocenters. The van der Waals surface area contributed by atoms with Gasteiger partial charge in [0.2, 0.25) is 0 Å². The summed E-state index contributed by atoms with van der Waals surface area (Å²) in [5.74, 6) is 1.65. The summed E-state index contributed by atoms with van der Waals surface area (Å²) in [4.78, 5) is 0. The zero-order valence-electron chi connectivity index (χ0n) is 8.37. The van der Waals surface area contributed by atoms with Gasteiger partial charge < -0.3 is 15.5 Å². The van der Waals surface area contributed by atoms with Gasteiger partial charge in [0.25, 0.3) is 0 Å². The van der Waals surface area contributed by atoms with Gasteiger partial charge in [-0.3, -0.25) is 0 Å². The van der Waals surface area contributed by atoms with E-state index in [9.17, 15) is 0 Å². The van der Waals surface area contributed by atoms with Crippen LogP contribution in [-0.2, 0) is 0 Å². The van der Waals surface area contributed by atoms with Crippen molar-refractivity contribution < 1.29 is 10.2 Å². The van der Waals surface area contributed by atoms with E-state index in [1.54, 1.807) is 0 Å². The van der Waals surface area contributed by atoms with E-state index < -0.39 is 6.10 Å². The number of aliphatic hydroxyl groups excluding tert-OH is 2. The van der Waals surface area contributed by atoms with Crippen LogP contribution in [0.3, 0.4) is 0 Å². The molecular formula is C10H21NO2. The molecular weight excluding hydrogens is 166 g/mol. The second-order valence-electron chi connectivity index (χ2n) is 4.28. The first-order chi connectivity index (χ1) is 6.22. The maximum absolute atomic E-state index is 9.07. The minimum absolute atomic E-state index is 0.145. The molecule has 2 unspecified atom stereocenters. The van der Waals surface area contributed by atoms with E-state index >= 15 is 0 Å². The van der Waals surface area contributed by atoms with Crippen LogP contribution in [0.5, 0.6) is 0 Å². The molecule has 1 aliphatic carbocycles. The zero-order valence-corrected chi connectivity index (χ0v) is 8.37. The van der Waals surface area contributed by atoms with Crippen LogP contribution >= 0.6 is 0 Å². The van der Waals surface area contributed by atoms with Gasteiger partial charge in [-0.25, -0.2) is 0 Å². The molecule has 1 rings (SSSR count). The smallest absolute Gasteiger partial charge is 0.0894 e. The van der Waals surface area contributed by atoms with Crippen molar-refractivity contribution in [1.29, 1.82) is 0 Å². The maximum Gasteiger partial charge on any atom is 0.0894 e. The fourth-order valence-electron chi connectivity index (χ4n) is 2.03. The quantitative estimate of drug-likeness (QED) is 0.582. The van der Waals surface area contributed by atoms with Gasteiger partial charge in [-0.1, -0.05) is 13.3 Å². The third kappa shape index (κ3) is 4.07. The topological polar surface area (TPSA) is 52.5 Å².